The Bertz CT molecular complexity index is 499. The number of methoxy groups -OCH3 is 1. The van der Waals surface area contributed by atoms with Crippen LogP contribution in [0, 0.1) is 5.92 Å². The Morgan fingerprint density at radius 3 is 2.60 bits per heavy atom. The number of hydrogen-bond acceptors (Lipinski definition) is 3. The second-order valence-corrected chi connectivity index (χ2v) is 6.41. The van der Waals surface area contributed by atoms with Crippen LogP contribution in [0.1, 0.15) is 51.5 Å². The quantitative estimate of drug-likeness (QED) is 0.424. The van der Waals surface area contributed by atoms with Gasteiger partial charge in [-0.1, -0.05) is 38.5 Å². The number of nitrogens with one attached hydrogen (secondary N) is 2. The zero-order valence-corrected chi connectivity index (χ0v) is 16.2. The average molecular weight is 350 g/mol. The lowest BCUT2D eigenvalue weighted by Crippen LogP contribution is -2.39. The third-order valence-electron chi connectivity index (χ3n) is 4.33. The summed E-state index contributed by atoms with van der Waals surface area (Å²) in [6.07, 6.45) is 3.03. The Morgan fingerprint density at radius 1 is 1.20 bits per heavy atom. The van der Waals surface area contributed by atoms with Gasteiger partial charge in [-0.15, -0.1) is 0 Å². The van der Waals surface area contributed by atoms with Crippen LogP contribution in [0.3, 0.4) is 0 Å². The van der Waals surface area contributed by atoms with Crippen LogP contribution in [-0.2, 0) is 0 Å². The molecule has 2 unspecified atom stereocenters. The van der Waals surface area contributed by atoms with Gasteiger partial charge in [-0.25, -0.2) is 0 Å². The maximum absolute atomic E-state index is 9.19. The predicted molar refractivity (Wildman–Crippen MR) is 105 cm³/mol. The Balaban J connectivity index is 2.65. The fourth-order valence-corrected chi connectivity index (χ4v) is 2.91. The van der Waals surface area contributed by atoms with Crippen LogP contribution in [0.15, 0.2) is 29.3 Å². The molecule has 0 aliphatic carbocycles. The molecule has 0 aliphatic rings. The van der Waals surface area contributed by atoms with Gasteiger partial charge in [0.15, 0.2) is 5.96 Å². The Hall–Kier alpha value is -1.75. The number of nitrogens with zero attached hydrogens (tertiary/aromatic N) is 1. The van der Waals surface area contributed by atoms with Gasteiger partial charge in [0.25, 0.3) is 0 Å². The van der Waals surface area contributed by atoms with E-state index in [0.717, 1.165) is 50.6 Å². The molecule has 2 atom stereocenters. The maximum Gasteiger partial charge on any atom is 0.191 e. The highest BCUT2D eigenvalue weighted by molar-refractivity contribution is 5.79. The minimum Gasteiger partial charge on any atom is -0.496 e. The molecule has 0 heterocycles. The zero-order chi connectivity index (χ0) is 18.5. The minimum absolute atomic E-state index is 0.231. The number of ether oxygens (including phenoxy) is 1. The third-order valence-corrected chi connectivity index (χ3v) is 4.33. The molecular weight excluding hydrogens is 314 g/mol. The number of rotatable bonds is 11. The van der Waals surface area contributed by atoms with Gasteiger partial charge in [0.05, 0.1) is 7.11 Å². The normalized spacial score (nSPS) is 14.0. The fraction of sp³-hybridized carbons (Fsp3) is 0.650. The topological polar surface area (TPSA) is 65.9 Å². The lowest BCUT2D eigenvalue weighted by molar-refractivity contribution is 0.253. The summed E-state index contributed by atoms with van der Waals surface area (Å²) < 4.78 is 5.46. The number of guanidine groups is 1. The second kappa shape index (κ2) is 12.6. The predicted octanol–water partition coefficient (Wildman–Crippen LogP) is 3.15. The van der Waals surface area contributed by atoms with Crippen LogP contribution in [-0.4, -0.2) is 44.4 Å². The molecule has 5 nitrogen and oxygen atoms in total. The lowest BCUT2D eigenvalue weighted by atomic mass is 10.00. The second-order valence-electron chi connectivity index (χ2n) is 6.41. The molecule has 3 N–H and O–H groups in total. The number of aliphatic hydroxyl groups is 1. The largest absolute Gasteiger partial charge is 0.496 e. The van der Waals surface area contributed by atoms with E-state index < -0.39 is 0 Å². The van der Waals surface area contributed by atoms with Crippen molar-refractivity contribution in [3.8, 4) is 5.75 Å². The van der Waals surface area contributed by atoms with Gasteiger partial charge >= 0.3 is 0 Å². The Kier molecular flexibility index (Phi) is 10.7. The molecule has 0 saturated heterocycles. The molecule has 0 amide bonds. The SMILES string of the molecule is CCCC(CCO)CN=C(NCC)NCC(C)c1ccccc1OC. The number of para-hydroxylation sites is 1. The van der Waals surface area contributed by atoms with E-state index in [1.54, 1.807) is 7.11 Å². The fourth-order valence-electron chi connectivity index (χ4n) is 2.91. The summed E-state index contributed by atoms with van der Waals surface area (Å²) in [5.41, 5.74) is 1.19. The van der Waals surface area contributed by atoms with Crippen molar-refractivity contribution in [2.24, 2.45) is 10.9 Å². The summed E-state index contributed by atoms with van der Waals surface area (Å²) in [6.45, 7) is 9.00. The van der Waals surface area contributed by atoms with Gasteiger partial charge in [0, 0.05) is 32.2 Å². The van der Waals surface area contributed by atoms with Crippen molar-refractivity contribution in [2.45, 2.75) is 46.0 Å². The highest BCUT2D eigenvalue weighted by atomic mass is 16.5. The van der Waals surface area contributed by atoms with Crippen molar-refractivity contribution in [1.29, 1.82) is 0 Å². The first kappa shape index (κ1) is 21.3. The van der Waals surface area contributed by atoms with E-state index in [9.17, 15) is 5.11 Å². The maximum atomic E-state index is 9.19. The molecule has 25 heavy (non-hydrogen) atoms. The van der Waals surface area contributed by atoms with Gasteiger partial charge in [0.2, 0.25) is 0 Å². The molecule has 0 spiro atoms. The van der Waals surface area contributed by atoms with Crippen LogP contribution in [0.4, 0.5) is 0 Å². The van der Waals surface area contributed by atoms with E-state index in [2.05, 4.69) is 37.5 Å². The standard InChI is InChI=1S/C20H35N3O2/c1-5-9-17(12-13-24)15-23-20(21-6-2)22-14-16(3)18-10-7-8-11-19(18)25-4/h7-8,10-11,16-17,24H,5-6,9,12-15H2,1-4H3,(H2,21,22,23). The first-order chi connectivity index (χ1) is 12.2. The van der Waals surface area contributed by atoms with Crippen molar-refractivity contribution in [3.63, 3.8) is 0 Å². The Morgan fingerprint density at radius 2 is 1.96 bits per heavy atom. The van der Waals surface area contributed by atoms with Crippen molar-refractivity contribution in [3.05, 3.63) is 29.8 Å². The van der Waals surface area contributed by atoms with Gasteiger partial charge < -0.3 is 20.5 Å². The number of hydrogen-bond donors (Lipinski definition) is 3. The van der Waals surface area contributed by atoms with E-state index in [1.807, 2.05) is 18.2 Å². The molecular formula is C20H35N3O2. The molecule has 0 aromatic heterocycles. The molecule has 0 radical (unpaired) electrons. The minimum atomic E-state index is 0.231. The molecule has 5 heteroatoms. The zero-order valence-electron chi connectivity index (χ0n) is 16.2. The first-order valence-electron chi connectivity index (χ1n) is 9.42. The molecule has 1 rings (SSSR count). The highest BCUT2D eigenvalue weighted by Crippen LogP contribution is 2.25. The van der Waals surface area contributed by atoms with Crippen LogP contribution in [0.25, 0.3) is 0 Å². The smallest absolute Gasteiger partial charge is 0.191 e. The van der Waals surface area contributed by atoms with E-state index in [1.165, 1.54) is 5.56 Å². The summed E-state index contributed by atoms with van der Waals surface area (Å²) in [5, 5.41) is 15.9. The third kappa shape index (κ3) is 7.78. The van der Waals surface area contributed by atoms with Crippen LogP contribution >= 0.6 is 0 Å². The number of benzene rings is 1. The Labute approximate surface area is 152 Å². The lowest BCUT2D eigenvalue weighted by Gasteiger charge is -2.19. The number of aliphatic imine (C=N–C) groups is 1. The summed E-state index contributed by atoms with van der Waals surface area (Å²) in [4.78, 5) is 4.71. The average Bonchev–Trinajstić information content (AvgIpc) is 2.63. The molecule has 0 fully saturated rings. The van der Waals surface area contributed by atoms with Crippen LogP contribution < -0.4 is 15.4 Å². The van der Waals surface area contributed by atoms with Gasteiger partial charge in [-0.2, -0.15) is 0 Å². The number of aliphatic hydroxyl groups excluding tert-OH is 1. The van der Waals surface area contributed by atoms with Crippen LogP contribution in [0.2, 0.25) is 0 Å². The van der Waals surface area contributed by atoms with E-state index in [-0.39, 0.29) is 6.61 Å². The first-order valence-corrected chi connectivity index (χ1v) is 9.42. The molecule has 0 aliphatic heterocycles. The van der Waals surface area contributed by atoms with Crippen molar-refractivity contribution < 1.29 is 9.84 Å². The van der Waals surface area contributed by atoms with Crippen LogP contribution in [0.5, 0.6) is 5.75 Å². The summed E-state index contributed by atoms with van der Waals surface area (Å²) in [5.74, 6) is 2.51. The van der Waals surface area contributed by atoms with Crippen molar-refractivity contribution in [2.75, 3.05) is 33.4 Å². The van der Waals surface area contributed by atoms with E-state index >= 15 is 0 Å². The molecule has 0 bridgehead atoms. The van der Waals surface area contributed by atoms with E-state index in [0.29, 0.717) is 11.8 Å². The summed E-state index contributed by atoms with van der Waals surface area (Å²) in [7, 11) is 1.71. The molecule has 142 valence electrons. The molecule has 1 aromatic carbocycles. The molecule has 0 saturated carbocycles. The van der Waals surface area contributed by atoms with Gasteiger partial charge in [-0.05, 0) is 37.3 Å². The van der Waals surface area contributed by atoms with Gasteiger partial charge in [-0.3, -0.25) is 4.99 Å². The monoisotopic (exact) mass is 349 g/mol. The summed E-state index contributed by atoms with van der Waals surface area (Å²) in [6, 6.07) is 8.13. The van der Waals surface area contributed by atoms with E-state index in [4.69, 9.17) is 9.73 Å². The summed E-state index contributed by atoms with van der Waals surface area (Å²) >= 11 is 0. The molecule has 1 aromatic rings. The van der Waals surface area contributed by atoms with Gasteiger partial charge in [0.1, 0.15) is 5.75 Å². The van der Waals surface area contributed by atoms with Crippen molar-refractivity contribution in [1.82, 2.24) is 10.6 Å². The van der Waals surface area contributed by atoms with Crippen molar-refractivity contribution >= 4 is 5.96 Å². The highest BCUT2D eigenvalue weighted by Gasteiger charge is 2.12.